The zero-order valence-corrected chi connectivity index (χ0v) is 14.2. The van der Waals surface area contributed by atoms with Crippen molar-refractivity contribution in [2.45, 2.75) is 12.3 Å². The van der Waals surface area contributed by atoms with Gasteiger partial charge in [0.15, 0.2) is 0 Å². The fourth-order valence-electron chi connectivity index (χ4n) is 2.55. The SMILES string of the molecule is CN(C)[PH](=O)OC[C@@H]1CNC[C@H](n2cnc3c(N)cccc32)O1. The number of rotatable bonds is 5. The van der Waals surface area contributed by atoms with E-state index in [-0.39, 0.29) is 18.9 Å². The van der Waals surface area contributed by atoms with E-state index in [1.54, 1.807) is 25.1 Å². The lowest BCUT2D eigenvalue weighted by atomic mass is 10.2. The van der Waals surface area contributed by atoms with Crippen LogP contribution in [0.15, 0.2) is 24.5 Å². The molecule has 1 unspecified atom stereocenters. The standard InChI is InChI=1S/C14H22N5O3P/c1-18(2)23(20)21-8-10-6-16-7-13(22-10)19-9-17-14-11(15)4-3-5-12(14)19/h3-5,9-10,13,16,23H,6-8,15H2,1-2H3/t10-,13+/m0/s1. The Morgan fingerprint density at radius 1 is 1.52 bits per heavy atom. The molecule has 3 rings (SSSR count). The van der Waals surface area contributed by atoms with Crippen LogP contribution in [0.3, 0.4) is 0 Å². The zero-order chi connectivity index (χ0) is 16.4. The number of nitrogens with zero attached hydrogens (tertiary/aromatic N) is 3. The molecule has 0 bridgehead atoms. The summed E-state index contributed by atoms with van der Waals surface area (Å²) < 4.78 is 26.7. The molecule has 0 spiro atoms. The summed E-state index contributed by atoms with van der Waals surface area (Å²) in [6.45, 7) is 1.61. The first-order valence-corrected chi connectivity index (χ1v) is 8.74. The average Bonchev–Trinajstić information content (AvgIpc) is 2.98. The Morgan fingerprint density at radius 3 is 3.13 bits per heavy atom. The number of ether oxygens (including phenoxy) is 1. The second-order valence-electron chi connectivity index (χ2n) is 5.71. The van der Waals surface area contributed by atoms with E-state index in [1.807, 2.05) is 22.8 Å². The van der Waals surface area contributed by atoms with Gasteiger partial charge in [-0.25, -0.2) is 9.65 Å². The molecule has 126 valence electrons. The summed E-state index contributed by atoms with van der Waals surface area (Å²) in [5.41, 5.74) is 8.30. The number of nitrogens with one attached hydrogen (secondary N) is 1. The molecule has 23 heavy (non-hydrogen) atoms. The molecule has 1 aliphatic rings. The number of benzene rings is 1. The summed E-state index contributed by atoms with van der Waals surface area (Å²) in [6.07, 6.45) is 1.37. The highest BCUT2D eigenvalue weighted by molar-refractivity contribution is 7.36. The van der Waals surface area contributed by atoms with Gasteiger partial charge in [-0.05, 0) is 26.2 Å². The third-order valence-corrected chi connectivity index (χ3v) is 4.89. The molecule has 3 N–H and O–H groups in total. The number of hydrogen-bond donors (Lipinski definition) is 2. The second kappa shape index (κ2) is 6.98. The van der Waals surface area contributed by atoms with Crippen LogP contribution in [0.5, 0.6) is 0 Å². The third kappa shape index (κ3) is 3.57. The topological polar surface area (TPSA) is 94.6 Å². The van der Waals surface area contributed by atoms with Crippen LogP contribution in [0.1, 0.15) is 6.23 Å². The van der Waals surface area contributed by atoms with E-state index in [4.69, 9.17) is 15.0 Å². The molecule has 3 atom stereocenters. The predicted octanol–water partition coefficient (Wildman–Crippen LogP) is 1.07. The van der Waals surface area contributed by atoms with E-state index in [2.05, 4.69) is 10.3 Å². The van der Waals surface area contributed by atoms with Crippen LogP contribution in [-0.2, 0) is 13.8 Å². The average molecular weight is 339 g/mol. The van der Waals surface area contributed by atoms with Gasteiger partial charge in [0.1, 0.15) is 11.7 Å². The maximum absolute atomic E-state index is 11.7. The Labute approximate surface area is 135 Å². The van der Waals surface area contributed by atoms with Crippen molar-refractivity contribution in [2.24, 2.45) is 0 Å². The number of morpholine rings is 1. The fourth-order valence-corrected chi connectivity index (χ4v) is 3.14. The molecule has 1 aliphatic heterocycles. The van der Waals surface area contributed by atoms with Crippen LogP contribution in [0.25, 0.3) is 11.0 Å². The lowest BCUT2D eigenvalue weighted by Crippen LogP contribution is -2.44. The summed E-state index contributed by atoms with van der Waals surface area (Å²) in [5, 5.41) is 3.32. The van der Waals surface area contributed by atoms with E-state index in [9.17, 15) is 4.57 Å². The Kier molecular flexibility index (Phi) is 4.99. The normalized spacial score (nSPS) is 23.4. The van der Waals surface area contributed by atoms with Crippen molar-refractivity contribution in [1.29, 1.82) is 0 Å². The van der Waals surface area contributed by atoms with Gasteiger partial charge >= 0.3 is 0 Å². The maximum Gasteiger partial charge on any atom is 0.260 e. The molecule has 2 heterocycles. The number of nitrogen functional groups attached to an aromatic ring is 1. The number of nitrogens with two attached hydrogens (primary N) is 1. The Balaban J connectivity index is 1.70. The number of aromatic nitrogens is 2. The molecule has 1 fully saturated rings. The smallest absolute Gasteiger partial charge is 0.260 e. The van der Waals surface area contributed by atoms with Crippen molar-refractivity contribution in [3.8, 4) is 0 Å². The molecule has 0 radical (unpaired) electrons. The summed E-state index contributed by atoms with van der Waals surface area (Å²) in [5.74, 6) is 0. The quantitative estimate of drug-likeness (QED) is 0.621. The summed E-state index contributed by atoms with van der Waals surface area (Å²) in [4.78, 5) is 4.36. The van der Waals surface area contributed by atoms with E-state index in [0.29, 0.717) is 18.8 Å². The summed E-state index contributed by atoms with van der Waals surface area (Å²) >= 11 is 0. The number of hydrogen-bond acceptors (Lipinski definition) is 6. The number of imidazole rings is 1. The minimum atomic E-state index is -2.18. The molecular weight excluding hydrogens is 317 g/mol. The zero-order valence-electron chi connectivity index (χ0n) is 13.2. The molecule has 0 saturated carbocycles. The van der Waals surface area contributed by atoms with Crippen molar-refractivity contribution in [2.75, 3.05) is 39.5 Å². The lowest BCUT2D eigenvalue weighted by Gasteiger charge is -2.31. The van der Waals surface area contributed by atoms with Crippen LogP contribution < -0.4 is 11.1 Å². The molecular formula is C14H22N5O3P. The van der Waals surface area contributed by atoms with E-state index >= 15 is 0 Å². The molecule has 1 saturated heterocycles. The molecule has 8 nitrogen and oxygen atoms in total. The number of fused-ring (bicyclic) bond motifs is 1. The lowest BCUT2D eigenvalue weighted by molar-refractivity contribution is -0.0891. The minimum absolute atomic E-state index is 0.166. The van der Waals surface area contributed by atoms with E-state index in [0.717, 1.165) is 11.0 Å². The number of para-hydroxylation sites is 1. The Hall–Kier alpha value is -1.44. The van der Waals surface area contributed by atoms with Gasteiger partial charge in [-0.1, -0.05) is 6.07 Å². The van der Waals surface area contributed by atoms with Crippen molar-refractivity contribution in [1.82, 2.24) is 19.5 Å². The maximum atomic E-state index is 11.7. The molecule has 1 aromatic carbocycles. The van der Waals surface area contributed by atoms with Crippen molar-refractivity contribution >= 4 is 24.9 Å². The van der Waals surface area contributed by atoms with Crippen LogP contribution in [0, 0.1) is 0 Å². The number of anilines is 1. The first-order valence-electron chi connectivity index (χ1n) is 7.47. The summed E-state index contributed by atoms with van der Waals surface area (Å²) in [6, 6.07) is 5.69. The van der Waals surface area contributed by atoms with Crippen LogP contribution in [0.2, 0.25) is 0 Å². The third-order valence-electron chi connectivity index (χ3n) is 3.74. The highest BCUT2D eigenvalue weighted by Crippen LogP contribution is 2.27. The van der Waals surface area contributed by atoms with Crippen molar-refractivity contribution in [3.05, 3.63) is 24.5 Å². The van der Waals surface area contributed by atoms with E-state index in [1.165, 1.54) is 0 Å². The highest BCUT2D eigenvalue weighted by Gasteiger charge is 2.25. The Morgan fingerprint density at radius 2 is 2.35 bits per heavy atom. The first kappa shape index (κ1) is 16.4. The largest absolute Gasteiger partial charge is 0.397 e. The van der Waals surface area contributed by atoms with Gasteiger partial charge in [-0.3, -0.25) is 4.57 Å². The van der Waals surface area contributed by atoms with Crippen LogP contribution >= 0.6 is 8.18 Å². The van der Waals surface area contributed by atoms with Gasteiger partial charge in [0.05, 0.1) is 30.2 Å². The van der Waals surface area contributed by atoms with Gasteiger partial charge < -0.3 is 24.9 Å². The fraction of sp³-hybridized carbons (Fsp3) is 0.500. The van der Waals surface area contributed by atoms with Gasteiger partial charge in [0, 0.05) is 13.1 Å². The first-order chi connectivity index (χ1) is 11.1. The van der Waals surface area contributed by atoms with Crippen molar-refractivity contribution in [3.63, 3.8) is 0 Å². The summed E-state index contributed by atoms with van der Waals surface area (Å²) in [7, 11) is 1.28. The molecule has 0 aliphatic carbocycles. The van der Waals surface area contributed by atoms with Gasteiger partial charge in [-0.2, -0.15) is 0 Å². The van der Waals surface area contributed by atoms with Gasteiger partial charge in [-0.15, -0.1) is 0 Å². The molecule has 2 aromatic rings. The Bertz CT molecular complexity index is 705. The molecule has 9 heteroatoms. The minimum Gasteiger partial charge on any atom is -0.397 e. The van der Waals surface area contributed by atoms with Gasteiger partial charge in [0.2, 0.25) is 0 Å². The van der Waals surface area contributed by atoms with Gasteiger partial charge in [0.25, 0.3) is 8.18 Å². The van der Waals surface area contributed by atoms with Crippen LogP contribution in [0.4, 0.5) is 5.69 Å². The van der Waals surface area contributed by atoms with Crippen molar-refractivity contribution < 1.29 is 13.8 Å². The molecule has 1 aromatic heterocycles. The monoisotopic (exact) mass is 339 g/mol. The highest BCUT2D eigenvalue weighted by atomic mass is 31.1. The van der Waals surface area contributed by atoms with E-state index < -0.39 is 8.18 Å². The second-order valence-corrected chi connectivity index (χ2v) is 7.42. The van der Waals surface area contributed by atoms with Crippen LogP contribution in [-0.4, -0.2) is 54.1 Å². The predicted molar refractivity (Wildman–Crippen MR) is 89.6 cm³/mol. The molecule has 0 amide bonds.